The van der Waals surface area contributed by atoms with Crippen molar-refractivity contribution < 1.29 is 43.0 Å². The van der Waals surface area contributed by atoms with Gasteiger partial charge in [-0.15, -0.1) is 11.8 Å². The summed E-state index contributed by atoms with van der Waals surface area (Å²) in [4.78, 5) is 23.3. The predicted octanol–water partition coefficient (Wildman–Crippen LogP) is -1.99. The number of hydrogen-bond donors (Lipinski definition) is 0. The van der Waals surface area contributed by atoms with Gasteiger partial charge in [-0.25, -0.2) is 0 Å². The van der Waals surface area contributed by atoms with Gasteiger partial charge in [0.2, 0.25) is 6.79 Å². The van der Waals surface area contributed by atoms with Gasteiger partial charge in [0, 0.05) is 16.9 Å². The average molecular weight is 284 g/mol. The number of carbonyl (C=O) groups excluding carboxylic acids is 2. The third kappa shape index (κ3) is 2.24. The minimum atomic E-state index is -0.724. The first-order valence-corrected chi connectivity index (χ1v) is 6.59. The Balaban J connectivity index is 0.00000147. The number of allylic oxidation sites excluding steroid dienone is 2. The Morgan fingerprint density at radius 1 is 1.35 bits per heavy atom. The van der Waals surface area contributed by atoms with Crippen LogP contribution in [0.5, 0.6) is 11.5 Å². The molecule has 3 rings (SSSR count). The molecule has 1 aromatic carbocycles. The fourth-order valence-corrected chi connectivity index (χ4v) is 3.14. The molecular formula is C13H9LiO5S. The topological polar surface area (TPSA) is 75.7 Å². The van der Waals surface area contributed by atoms with Crippen LogP contribution in [0.3, 0.4) is 0 Å². The van der Waals surface area contributed by atoms with Crippen LogP contribution in [0.2, 0.25) is 0 Å². The van der Waals surface area contributed by atoms with Crippen molar-refractivity contribution in [2.24, 2.45) is 0 Å². The smallest absolute Gasteiger partial charge is 0.869 e. The first-order chi connectivity index (χ1) is 9.09. The molecule has 0 bridgehead atoms. The Morgan fingerprint density at radius 3 is 2.80 bits per heavy atom. The normalized spacial score (nSPS) is 18.1. The number of ketones is 2. The van der Waals surface area contributed by atoms with E-state index in [4.69, 9.17) is 9.47 Å². The monoisotopic (exact) mass is 284 g/mol. The van der Waals surface area contributed by atoms with Crippen molar-refractivity contribution in [1.82, 2.24) is 0 Å². The first kappa shape index (κ1) is 15.0. The van der Waals surface area contributed by atoms with Gasteiger partial charge in [-0.2, -0.15) is 0 Å². The summed E-state index contributed by atoms with van der Waals surface area (Å²) in [5, 5.41) is 11.7. The van der Waals surface area contributed by atoms with E-state index in [2.05, 4.69) is 0 Å². The molecule has 0 unspecified atom stereocenters. The Kier molecular flexibility index (Phi) is 4.19. The van der Waals surface area contributed by atoms with E-state index in [9.17, 15) is 14.7 Å². The third-order valence-corrected chi connectivity index (χ3v) is 4.07. The first-order valence-electron chi connectivity index (χ1n) is 5.61. The number of Topliss-reactive ketones (excluding diaryl/α,β-unsaturated/α-hetero) is 2. The van der Waals surface area contributed by atoms with E-state index in [-0.39, 0.29) is 30.6 Å². The molecule has 0 fully saturated rings. The molecular weight excluding hydrogens is 275 g/mol. The van der Waals surface area contributed by atoms with Crippen molar-refractivity contribution in [2.75, 3.05) is 6.79 Å². The van der Waals surface area contributed by atoms with E-state index in [0.29, 0.717) is 22.8 Å². The van der Waals surface area contributed by atoms with E-state index < -0.39 is 17.3 Å². The molecule has 5 nitrogen and oxygen atoms in total. The van der Waals surface area contributed by atoms with Gasteiger partial charge in [-0.05, 0) is 24.8 Å². The summed E-state index contributed by atoms with van der Waals surface area (Å²) >= 11 is 1.08. The Hall–Kier alpha value is -1.35. The van der Waals surface area contributed by atoms with Crippen molar-refractivity contribution in [1.29, 1.82) is 0 Å². The Bertz CT molecular complexity index is 638. The maximum Gasteiger partial charge on any atom is 1.00 e. The molecule has 0 radical (unpaired) electrons. The zero-order chi connectivity index (χ0) is 13.6. The zero-order valence-corrected chi connectivity index (χ0v) is 11.8. The van der Waals surface area contributed by atoms with Crippen molar-refractivity contribution in [3.05, 3.63) is 33.9 Å². The molecule has 0 spiro atoms. The summed E-state index contributed by atoms with van der Waals surface area (Å²) < 4.78 is 10.6. The molecule has 7 heteroatoms. The molecule has 0 saturated carbocycles. The second kappa shape index (κ2) is 5.56. The van der Waals surface area contributed by atoms with E-state index in [1.54, 1.807) is 12.1 Å². The van der Waals surface area contributed by atoms with Gasteiger partial charge < -0.3 is 14.6 Å². The second-order valence-corrected chi connectivity index (χ2v) is 5.14. The van der Waals surface area contributed by atoms with Gasteiger partial charge in [0.05, 0.1) is 4.91 Å². The minimum Gasteiger partial charge on any atom is -0.869 e. The number of benzene rings is 1. The molecule has 2 aliphatic rings. The summed E-state index contributed by atoms with van der Waals surface area (Å²) in [6, 6.07) is 3.25. The fourth-order valence-electron chi connectivity index (χ4n) is 2.05. The molecule has 0 N–H and O–H groups in total. The molecule has 2 aliphatic heterocycles. The zero-order valence-electron chi connectivity index (χ0n) is 11.0. The quantitative estimate of drug-likeness (QED) is 0.338. The van der Waals surface area contributed by atoms with Gasteiger partial charge in [-0.1, -0.05) is 0 Å². The SMILES string of the molecule is CC(=O)/C([O-])=C1\SCc2c(ccc3c2OCO3)C1=O.[Li+]. The Labute approximate surface area is 131 Å². The number of ether oxygens (including phenoxy) is 2. The van der Waals surface area contributed by atoms with Crippen molar-refractivity contribution in [2.45, 2.75) is 12.7 Å². The molecule has 98 valence electrons. The maximum absolute atomic E-state index is 12.2. The van der Waals surface area contributed by atoms with E-state index in [1.165, 1.54) is 6.92 Å². The molecule has 0 atom stereocenters. The van der Waals surface area contributed by atoms with Gasteiger partial charge in [0.15, 0.2) is 17.3 Å². The summed E-state index contributed by atoms with van der Waals surface area (Å²) in [6.07, 6.45) is 0. The van der Waals surface area contributed by atoms with Crippen LogP contribution in [0, 0.1) is 0 Å². The predicted molar refractivity (Wildman–Crippen MR) is 65.9 cm³/mol. The van der Waals surface area contributed by atoms with Crippen LogP contribution in [0.25, 0.3) is 0 Å². The van der Waals surface area contributed by atoms with Gasteiger partial charge in [0.1, 0.15) is 5.78 Å². The summed E-state index contributed by atoms with van der Waals surface area (Å²) in [7, 11) is 0. The number of thioether (sulfide) groups is 1. The van der Waals surface area contributed by atoms with Crippen molar-refractivity contribution >= 4 is 23.3 Å². The number of hydrogen-bond acceptors (Lipinski definition) is 6. The van der Waals surface area contributed by atoms with Crippen LogP contribution in [0.15, 0.2) is 22.8 Å². The van der Waals surface area contributed by atoms with Crippen LogP contribution < -0.4 is 33.4 Å². The van der Waals surface area contributed by atoms with Crippen LogP contribution in [-0.2, 0) is 10.5 Å². The molecule has 0 saturated heterocycles. The maximum atomic E-state index is 12.2. The van der Waals surface area contributed by atoms with E-state index >= 15 is 0 Å². The largest absolute Gasteiger partial charge is 1.00 e. The molecule has 0 amide bonds. The fraction of sp³-hybridized carbons (Fsp3) is 0.231. The summed E-state index contributed by atoms with van der Waals surface area (Å²) in [5.74, 6) is -0.175. The minimum absolute atomic E-state index is 0. The summed E-state index contributed by atoms with van der Waals surface area (Å²) in [5.41, 5.74) is 1.14. The van der Waals surface area contributed by atoms with Gasteiger partial charge in [-0.3, -0.25) is 9.59 Å². The Morgan fingerprint density at radius 2 is 2.10 bits per heavy atom. The van der Waals surface area contributed by atoms with Crippen LogP contribution >= 0.6 is 11.8 Å². The van der Waals surface area contributed by atoms with Gasteiger partial charge in [0.25, 0.3) is 0 Å². The molecule has 1 aromatic rings. The third-order valence-electron chi connectivity index (χ3n) is 2.98. The number of fused-ring (bicyclic) bond motifs is 3. The molecule has 2 heterocycles. The van der Waals surface area contributed by atoms with E-state index in [1.807, 2.05) is 0 Å². The number of carbonyl (C=O) groups is 2. The molecule has 20 heavy (non-hydrogen) atoms. The van der Waals surface area contributed by atoms with E-state index in [0.717, 1.165) is 17.3 Å². The molecule has 0 aromatic heterocycles. The van der Waals surface area contributed by atoms with Gasteiger partial charge >= 0.3 is 18.9 Å². The average Bonchev–Trinajstić information content (AvgIpc) is 2.86. The van der Waals surface area contributed by atoms with Crippen molar-refractivity contribution in [3.8, 4) is 11.5 Å². The van der Waals surface area contributed by atoms with Crippen LogP contribution in [0.4, 0.5) is 0 Å². The molecule has 0 aliphatic carbocycles. The second-order valence-electron chi connectivity index (χ2n) is 4.16. The standard InChI is InChI=1S/C13H10O5S.Li/c1-6(14)10(15)13-11(16)7-2-3-9-12(18-5-17-9)8(7)4-19-13;/h2-3,15H,4-5H2,1H3;/q;+1/p-1/b13-10+;. The van der Waals surface area contributed by atoms with Crippen LogP contribution in [0.1, 0.15) is 22.8 Å². The summed E-state index contributed by atoms with van der Waals surface area (Å²) in [6.45, 7) is 1.30. The van der Waals surface area contributed by atoms with Crippen LogP contribution in [-0.4, -0.2) is 18.4 Å². The van der Waals surface area contributed by atoms with Crippen molar-refractivity contribution in [3.63, 3.8) is 0 Å². The number of rotatable bonds is 1.